The Kier molecular flexibility index (Phi) is 4.95. The number of carbonyl (C=O) groups excluding carboxylic acids is 1. The van der Waals surface area contributed by atoms with Crippen LogP contribution in [0.2, 0.25) is 0 Å². The van der Waals surface area contributed by atoms with Crippen LogP contribution in [0.3, 0.4) is 0 Å². The summed E-state index contributed by atoms with van der Waals surface area (Å²) in [6, 6.07) is 4.87. The van der Waals surface area contributed by atoms with Crippen LogP contribution in [-0.4, -0.2) is 29.1 Å². The van der Waals surface area contributed by atoms with Crippen molar-refractivity contribution < 1.29 is 14.1 Å². The zero-order valence-electron chi connectivity index (χ0n) is 13.3. The number of carbonyl (C=O) groups is 1. The Balaban J connectivity index is 2.13. The molecule has 0 aromatic heterocycles. The van der Waals surface area contributed by atoms with E-state index in [0.717, 1.165) is 12.0 Å². The van der Waals surface area contributed by atoms with Gasteiger partial charge in [0.25, 0.3) is 0 Å². The molecule has 1 amide bonds. The van der Waals surface area contributed by atoms with E-state index in [-0.39, 0.29) is 11.9 Å². The third-order valence-corrected chi connectivity index (χ3v) is 5.29. The maximum Gasteiger partial charge on any atom is 0.226 e. The van der Waals surface area contributed by atoms with Crippen LogP contribution in [0, 0.1) is 6.57 Å². The van der Waals surface area contributed by atoms with Gasteiger partial charge in [0, 0.05) is 18.5 Å². The van der Waals surface area contributed by atoms with Crippen LogP contribution >= 0.6 is 29.3 Å². The van der Waals surface area contributed by atoms with Crippen molar-refractivity contribution in [2.75, 3.05) is 6.54 Å². The zero-order valence-corrected chi connectivity index (χ0v) is 15.7. The first-order chi connectivity index (χ1) is 11.3. The van der Waals surface area contributed by atoms with Crippen molar-refractivity contribution in [1.29, 1.82) is 0 Å². The summed E-state index contributed by atoms with van der Waals surface area (Å²) in [5, 5.41) is 0. The highest BCUT2D eigenvalue weighted by molar-refractivity contribution is 8.00. The van der Waals surface area contributed by atoms with Gasteiger partial charge in [0.2, 0.25) is 12.8 Å². The molecule has 0 N–H and O–H groups in total. The number of fused-ring (bicyclic) bond motifs is 1. The average Bonchev–Trinajstić information content (AvgIpc) is 2.93. The molecule has 0 spiro atoms. The highest BCUT2D eigenvalue weighted by Crippen LogP contribution is 2.55. The van der Waals surface area contributed by atoms with E-state index in [9.17, 15) is 4.79 Å². The second kappa shape index (κ2) is 6.69. The summed E-state index contributed by atoms with van der Waals surface area (Å²) in [6.45, 7) is 10.0. The van der Waals surface area contributed by atoms with Crippen LogP contribution in [-0.2, 0) is 9.32 Å². The molecule has 1 aromatic carbocycles. The molecule has 128 valence electrons. The lowest BCUT2D eigenvalue weighted by atomic mass is 9.85. The number of rotatable bonds is 3. The Morgan fingerprint density at radius 1 is 1.46 bits per heavy atom. The van der Waals surface area contributed by atoms with Gasteiger partial charge in [-0.15, -0.1) is 0 Å². The molecule has 2 aliphatic heterocycles. The van der Waals surface area contributed by atoms with Gasteiger partial charge in [-0.05, 0) is 54.9 Å². The molecule has 1 fully saturated rings. The molecule has 24 heavy (non-hydrogen) atoms. The van der Waals surface area contributed by atoms with Crippen molar-refractivity contribution >= 4 is 40.9 Å². The number of hydrogen-bond acceptors (Lipinski definition) is 3. The van der Waals surface area contributed by atoms with Crippen molar-refractivity contribution in [2.45, 2.75) is 44.4 Å². The van der Waals surface area contributed by atoms with Gasteiger partial charge in [-0.3, -0.25) is 4.79 Å². The smallest absolute Gasteiger partial charge is 0.226 e. The molecular weight excluding hydrogens is 370 g/mol. The van der Waals surface area contributed by atoms with E-state index < -0.39 is 18.6 Å². The molecule has 0 bridgehead atoms. The van der Waals surface area contributed by atoms with Gasteiger partial charge in [-0.1, -0.05) is 6.07 Å². The lowest BCUT2D eigenvalue weighted by Gasteiger charge is -2.47. The number of amides is 1. The number of ether oxygens (including phenoxy) is 1. The van der Waals surface area contributed by atoms with E-state index in [4.69, 9.17) is 38.3 Å². The first-order valence-corrected chi connectivity index (χ1v) is 10.7. The highest BCUT2D eigenvalue weighted by Gasteiger charge is 2.50. The monoisotopic (exact) mass is 386 g/mol. The number of nitrogens with zero attached hydrogens (tertiary/aromatic N) is 2. The normalized spacial score (nSPS) is 25.3. The minimum Gasteiger partial charge on any atom is -0.485 e. The molecule has 0 radical (unpaired) electrons. The summed E-state index contributed by atoms with van der Waals surface area (Å²) in [5.74, 6) is 0.726. The van der Waals surface area contributed by atoms with E-state index in [2.05, 4.69) is 4.85 Å². The number of halogens is 2. The SMILES string of the molecule is [C-]#[N+]c1ccc2c(c1)[C@@H](N1CCCC1=O)[C@H](OP(Cl)Cl)C(C)(C)O2. The van der Waals surface area contributed by atoms with Crippen molar-refractivity contribution in [3.63, 3.8) is 0 Å². The van der Waals surface area contributed by atoms with E-state index in [1.54, 1.807) is 23.1 Å². The minimum atomic E-state index is -1.67. The Bertz CT molecular complexity index is 705. The number of benzene rings is 1. The third kappa shape index (κ3) is 3.21. The number of hydrogen-bond donors (Lipinski definition) is 0. The fourth-order valence-electron chi connectivity index (χ4n) is 3.38. The Morgan fingerprint density at radius 2 is 2.21 bits per heavy atom. The van der Waals surface area contributed by atoms with E-state index in [0.29, 0.717) is 24.4 Å². The topological polar surface area (TPSA) is 43.1 Å². The maximum atomic E-state index is 12.4. The second-order valence-electron chi connectivity index (χ2n) is 6.40. The summed E-state index contributed by atoms with van der Waals surface area (Å²) in [4.78, 5) is 17.7. The summed E-state index contributed by atoms with van der Waals surface area (Å²) in [6.07, 6.45) is 0.797. The molecule has 8 heteroatoms. The molecule has 0 saturated carbocycles. The highest BCUT2D eigenvalue weighted by atomic mass is 35.9. The molecule has 1 aromatic rings. The molecule has 3 rings (SSSR count). The maximum absolute atomic E-state index is 12.4. The van der Waals surface area contributed by atoms with Gasteiger partial charge < -0.3 is 14.2 Å². The summed E-state index contributed by atoms with van der Waals surface area (Å²) in [5.41, 5.74) is 0.546. The Hall–Kier alpha value is -1.05. The van der Waals surface area contributed by atoms with Crippen molar-refractivity contribution in [2.24, 2.45) is 0 Å². The van der Waals surface area contributed by atoms with Gasteiger partial charge in [0.1, 0.15) is 17.5 Å². The predicted molar refractivity (Wildman–Crippen MR) is 94.6 cm³/mol. The summed E-state index contributed by atoms with van der Waals surface area (Å²) in [7, 11) is 0. The van der Waals surface area contributed by atoms with Gasteiger partial charge in [-0.2, -0.15) is 0 Å². The van der Waals surface area contributed by atoms with Crippen molar-refractivity contribution in [3.05, 3.63) is 35.2 Å². The van der Waals surface area contributed by atoms with Gasteiger partial charge in [0.05, 0.1) is 12.6 Å². The Morgan fingerprint density at radius 3 is 2.79 bits per heavy atom. The molecule has 1 saturated heterocycles. The molecule has 0 aliphatic carbocycles. The fraction of sp³-hybridized carbons (Fsp3) is 0.500. The summed E-state index contributed by atoms with van der Waals surface area (Å²) >= 11 is 11.9. The standard InChI is InChI=1S/C16H17Cl2N2O3P/c1-16(2)15(23-24(17)18)14(20-8-4-5-13(20)21)11-9-10(19-3)6-7-12(11)22-16/h6-7,9,14-15H,4-5,8H2,1-2H3/t14-,15+/m1/s1. The van der Waals surface area contributed by atoms with Crippen LogP contribution in [0.15, 0.2) is 18.2 Å². The van der Waals surface area contributed by atoms with E-state index >= 15 is 0 Å². The van der Waals surface area contributed by atoms with Crippen LogP contribution in [0.5, 0.6) is 5.75 Å². The van der Waals surface area contributed by atoms with Crippen LogP contribution in [0.1, 0.15) is 38.3 Å². The summed E-state index contributed by atoms with van der Waals surface area (Å²) < 4.78 is 11.9. The van der Waals surface area contributed by atoms with Crippen molar-refractivity contribution in [1.82, 2.24) is 4.90 Å². The van der Waals surface area contributed by atoms with Gasteiger partial charge in [-0.25, -0.2) is 4.85 Å². The van der Waals surface area contributed by atoms with E-state index in [1.165, 1.54) is 0 Å². The quantitative estimate of drug-likeness (QED) is 0.532. The number of likely N-dealkylation sites (tertiary alicyclic amines) is 1. The van der Waals surface area contributed by atoms with E-state index in [1.807, 2.05) is 13.8 Å². The van der Waals surface area contributed by atoms with Crippen LogP contribution < -0.4 is 4.74 Å². The Labute approximate surface area is 152 Å². The fourth-order valence-corrected chi connectivity index (χ4v) is 4.44. The average molecular weight is 387 g/mol. The first kappa shape index (κ1) is 17.8. The lowest BCUT2D eigenvalue weighted by molar-refractivity contribution is -0.137. The van der Waals surface area contributed by atoms with Gasteiger partial charge >= 0.3 is 0 Å². The third-order valence-electron chi connectivity index (χ3n) is 4.43. The van der Waals surface area contributed by atoms with Crippen LogP contribution in [0.25, 0.3) is 4.85 Å². The molecule has 0 unspecified atom stereocenters. The second-order valence-corrected chi connectivity index (χ2v) is 9.38. The largest absolute Gasteiger partial charge is 0.485 e. The molecule has 2 atom stereocenters. The molecule has 5 nitrogen and oxygen atoms in total. The molecular formula is C16H17Cl2N2O3P. The minimum absolute atomic E-state index is 0.0685. The predicted octanol–water partition coefficient (Wildman–Crippen LogP) is 5.16. The molecule has 2 heterocycles. The lowest BCUT2D eigenvalue weighted by Crippen LogP contribution is -2.54. The van der Waals surface area contributed by atoms with Gasteiger partial charge in [0.15, 0.2) is 5.69 Å². The van der Waals surface area contributed by atoms with Crippen molar-refractivity contribution in [3.8, 4) is 5.75 Å². The first-order valence-electron chi connectivity index (χ1n) is 7.62. The zero-order chi connectivity index (χ0) is 17.5. The van der Waals surface area contributed by atoms with Crippen LogP contribution in [0.4, 0.5) is 5.69 Å². The molecule has 2 aliphatic rings.